The highest BCUT2D eigenvalue weighted by atomic mass is 16.1. The lowest BCUT2D eigenvalue weighted by atomic mass is 9.79. The van der Waals surface area contributed by atoms with E-state index in [1.54, 1.807) is 0 Å². The summed E-state index contributed by atoms with van der Waals surface area (Å²) in [7, 11) is 4.15. The Balaban J connectivity index is 1.75. The second-order valence-electron chi connectivity index (χ2n) is 8.16. The molecular formula is C25H24N4O. The lowest BCUT2D eigenvalue weighted by molar-refractivity contribution is 0.402. The molecule has 2 heterocycles. The summed E-state index contributed by atoms with van der Waals surface area (Å²) in [6, 6.07) is 25.0. The molecule has 30 heavy (non-hydrogen) atoms. The van der Waals surface area contributed by atoms with Crippen LogP contribution in [0, 0.1) is 0 Å². The molecule has 1 aromatic heterocycles. The summed E-state index contributed by atoms with van der Waals surface area (Å²) in [4.78, 5) is 14.6. The van der Waals surface area contributed by atoms with Crippen LogP contribution in [0.5, 0.6) is 0 Å². The minimum absolute atomic E-state index is 0.0114. The Morgan fingerprint density at radius 2 is 1.70 bits per heavy atom. The standard InChI is InChI=1S/C25H24N4O/c1-29(2)15-16-8-6-11-18(14-16)21-23(17-9-4-3-5-10-17)26-20-13-7-12-19-22(20)24(21)27-28-25(19)30/h3-14,21,23,26H,15H2,1-2H3,(H,28,30). The molecule has 5 nitrogen and oxygen atoms in total. The van der Waals surface area contributed by atoms with Crippen molar-refractivity contribution in [3.8, 4) is 0 Å². The van der Waals surface area contributed by atoms with Crippen molar-refractivity contribution < 1.29 is 0 Å². The van der Waals surface area contributed by atoms with Gasteiger partial charge in [-0.25, -0.2) is 5.10 Å². The number of aromatic nitrogens is 2. The Labute approximate surface area is 175 Å². The van der Waals surface area contributed by atoms with Crippen molar-refractivity contribution in [2.75, 3.05) is 19.4 Å². The van der Waals surface area contributed by atoms with Gasteiger partial charge in [-0.1, -0.05) is 60.7 Å². The second kappa shape index (κ2) is 7.43. The van der Waals surface area contributed by atoms with Crippen molar-refractivity contribution in [3.05, 3.63) is 106 Å². The van der Waals surface area contributed by atoms with Crippen LogP contribution in [-0.2, 0) is 6.54 Å². The van der Waals surface area contributed by atoms with Crippen LogP contribution in [0.4, 0.5) is 5.69 Å². The van der Waals surface area contributed by atoms with Gasteiger partial charge >= 0.3 is 0 Å². The summed E-state index contributed by atoms with van der Waals surface area (Å²) < 4.78 is 0. The molecule has 0 spiro atoms. The zero-order valence-corrected chi connectivity index (χ0v) is 17.1. The second-order valence-corrected chi connectivity index (χ2v) is 8.16. The van der Waals surface area contributed by atoms with Gasteiger partial charge in [-0.05, 0) is 42.9 Å². The van der Waals surface area contributed by atoms with Crippen LogP contribution in [0.25, 0.3) is 10.8 Å². The van der Waals surface area contributed by atoms with Crippen LogP contribution in [0.2, 0.25) is 0 Å². The fraction of sp³-hybridized carbons (Fsp3) is 0.200. The molecule has 0 fully saturated rings. The molecule has 5 rings (SSSR count). The number of anilines is 1. The maximum Gasteiger partial charge on any atom is 0.272 e. The molecule has 0 amide bonds. The summed E-state index contributed by atoms with van der Waals surface area (Å²) in [5.74, 6) is -0.0243. The van der Waals surface area contributed by atoms with Gasteiger partial charge in [0, 0.05) is 17.6 Å². The van der Waals surface area contributed by atoms with E-state index in [4.69, 9.17) is 0 Å². The quantitative estimate of drug-likeness (QED) is 0.540. The molecule has 2 atom stereocenters. The minimum Gasteiger partial charge on any atom is -0.377 e. The summed E-state index contributed by atoms with van der Waals surface area (Å²) in [5.41, 5.74) is 5.34. The molecule has 0 saturated heterocycles. The predicted molar refractivity (Wildman–Crippen MR) is 121 cm³/mol. The third-order valence-electron chi connectivity index (χ3n) is 5.75. The number of nitrogens with one attached hydrogen (secondary N) is 2. The number of nitrogens with zero attached hydrogens (tertiary/aromatic N) is 2. The Morgan fingerprint density at radius 3 is 2.50 bits per heavy atom. The molecule has 150 valence electrons. The van der Waals surface area contributed by atoms with Gasteiger partial charge in [0.25, 0.3) is 5.56 Å². The lowest BCUT2D eigenvalue weighted by Gasteiger charge is -2.35. The smallest absolute Gasteiger partial charge is 0.272 e. The zero-order valence-electron chi connectivity index (χ0n) is 17.1. The Bertz CT molecular complexity index is 1260. The van der Waals surface area contributed by atoms with Crippen LogP contribution in [0.15, 0.2) is 77.6 Å². The lowest BCUT2D eigenvalue weighted by Crippen LogP contribution is -2.28. The highest BCUT2D eigenvalue weighted by Gasteiger charge is 2.34. The van der Waals surface area contributed by atoms with Crippen molar-refractivity contribution in [1.29, 1.82) is 0 Å². The van der Waals surface area contributed by atoms with Crippen LogP contribution in [0.1, 0.15) is 34.3 Å². The van der Waals surface area contributed by atoms with Crippen molar-refractivity contribution in [2.45, 2.75) is 18.5 Å². The van der Waals surface area contributed by atoms with E-state index in [1.165, 1.54) is 16.7 Å². The molecule has 5 heteroatoms. The maximum absolute atomic E-state index is 12.4. The molecule has 2 N–H and O–H groups in total. The average Bonchev–Trinajstić information content (AvgIpc) is 2.76. The van der Waals surface area contributed by atoms with Crippen molar-refractivity contribution >= 4 is 16.5 Å². The number of aromatic amines is 1. The van der Waals surface area contributed by atoms with Crippen molar-refractivity contribution in [2.24, 2.45) is 0 Å². The van der Waals surface area contributed by atoms with E-state index in [2.05, 4.69) is 83.0 Å². The molecule has 3 aromatic carbocycles. The van der Waals surface area contributed by atoms with Crippen LogP contribution in [-0.4, -0.2) is 29.2 Å². The average molecular weight is 396 g/mol. The van der Waals surface area contributed by atoms with E-state index >= 15 is 0 Å². The number of hydrogen-bond donors (Lipinski definition) is 2. The monoisotopic (exact) mass is 396 g/mol. The van der Waals surface area contributed by atoms with Gasteiger partial charge in [-0.15, -0.1) is 0 Å². The number of benzene rings is 3. The van der Waals surface area contributed by atoms with Gasteiger partial charge in [-0.3, -0.25) is 4.79 Å². The van der Waals surface area contributed by atoms with Gasteiger partial charge in [0.05, 0.1) is 23.0 Å². The van der Waals surface area contributed by atoms with Crippen molar-refractivity contribution in [3.63, 3.8) is 0 Å². The van der Waals surface area contributed by atoms with E-state index in [9.17, 15) is 4.79 Å². The fourth-order valence-corrected chi connectivity index (χ4v) is 4.54. The SMILES string of the molecule is CN(C)Cc1cccc(C2c3n[nH]c(=O)c4cccc(c34)NC2c2ccccc2)c1. The first-order valence-electron chi connectivity index (χ1n) is 10.2. The van der Waals surface area contributed by atoms with E-state index in [0.29, 0.717) is 5.39 Å². The van der Waals surface area contributed by atoms with Gasteiger partial charge in [-0.2, -0.15) is 5.10 Å². The third-order valence-corrected chi connectivity index (χ3v) is 5.75. The molecule has 0 aliphatic carbocycles. The van der Waals surface area contributed by atoms with Gasteiger partial charge in [0.1, 0.15) is 0 Å². The van der Waals surface area contributed by atoms with Gasteiger partial charge < -0.3 is 10.2 Å². The van der Waals surface area contributed by atoms with E-state index in [0.717, 1.165) is 23.3 Å². The topological polar surface area (TPSA) is 61.0 Å². The zero-order chi connectivity index (χ0) is 20.7. The van der Waals surface area contributed by atoms with Crippen molar-refractivity contribution in [1.82, 2.24) is 15.1 Å². The number of hydrogen-bond acceptors (Lipinski definition) is 4. The maximum atomic E-state index is 12.4. The first-order chi connectivity index (χ1) is 14.6. The third kappa shape index (κ3) is 3.17. The number of H-pyrrole nitrogens is 1. The number of rotatable bonds is 4. The molecule has 0 saturated carbocycles. The minimum atomic E-state index is -0.157. The molecular weight excluding hydrogens is 372 g/mol. The first kappa shape index (κ1) is 18.6. The van der Waals surface area contributed by atoms with E-state index < -0.39 is 0 Å². The molecule has 0 bridgehead atoms. The Hall–Kier alpha value is -3.44. The van der Waals surface area contributed by atoms with E-state index in [-0.39, 0.29) is 17.5 Å². The van der Waals surface area contributed by atoms with Gasteiger partial charge in [0.15, 0.2) is 0 Å². The van der Waals surface area contributed by atoms with E-state index in [1.807, 2.05) is 24.3 Å². The van der Waals surface area contributed by atoms with Crippen LogP contribution in [0.3, 0.4) is 0 Å². The molecule has 2 unspecified atom stereocenters. The molecule has 4 aromatic rings. The summed E-state index contributed by atoms with van der Waals surface area (Å²) in [5, 5.41) is 12.6. The normalized spacial score (nSPS) is 17.8. The summed E-state index contributed by atoms with van der Waals surface area (Å²) in [6.45, 7) is 0.870. The Morgan fingerprint density at radius 1 is 0.933 bits per heavy atom. The van der Waals surface area contributed by atoms with Crippen LogP contribution >= 0.6 is 0 Å². The largest absolute Gasteiger partial charge is 0.377 e. The Kier molecular flexibility index (Phi) is 4.60. The van der Waals surface area contributed by atoms with Gasteiger partial charge in [0.2, 0.25) is 0 Å². The van der Waals surface area contributed by atoms with Crippen LogP contribution < -0.4 is 10.9 Å². The predicted octanol–water partition coefficient (Wildman–Crippen LogP) is 4.28. The molecule has 0 radical (unpaired) electrons. The highest BCUT2D eigenvalue weighted by molar-refractivity contribution is 5.97. The first-order valence-corrected chi connectivity index (χ1v) is 10.2. The fourth-order valence-electron chi connectivity index (χ4n) is 4.54. The molecule has 1 aliphatic heterocycles. The highest BCUT2D eigenvalue weighted by Crippen LogP contribution is 2.46. The molecule has 1 aliphatic rings. The summed E-state index contributed by atoms with van der Waals surface area (Å²) in [6.07, 6.45) is 0. The summed E-state index contributed by atoms with van der Waals surface area (Å²) >= 11 is 0.